The molecule has 0 saturated carbocycles. The molecule has 0 fully saturated rings. The topological polar surface area (TPSA) is 109 Å². The highest BCUT2D eigenvalue weighted by molar-refractivity contribution is 7.16. The number of aryl methyl sites for hydroxylation is 1. The molecule has 0 atom stereocenters. The van der Waals surface area contributed by atoms with Crippen molar-refractivity contribution in [1.29, 1.82) is 5.26 Å². The zero-order chi connectivity index (χ0) is 19.4. The van der Waals surface area contributed by atoms with Crippen molar-refractivity contribution in [2.45, 2.75) is 25.7 Å². The van der Waals surface area contributed by atoms with Gasteiger partial charge in [-0.05, 0) is 43.4 Å². The summed E-state index contributed by atoms with van der Waals surface area (Å²) in [6.45, 7) is -0.516. The molecule has 27 heavy (non-hydrogen) atoms. The van der Waals surface area contributed by atoms with E-state index in [2.05, 4.69) is 11.4 Å². The quantitative estimate of drug-likeness (QED) is 0.765. The Morgan fingerprint density at radius 2 is 2.11 bits per heavy atom. The first-order chi connectivity index (χ1) is 13.0. The van der Waals surface area contributed by atoms with Crippen LogP contribution < -0.4 is 10.1 Å². The van der Waals surface area contributed by atoms with Crippen LogP contribution in [0.25, 0.3) is 0 Å². The smallest absolute Gasteiger partial charge is 0.342 e. The van der Waals surface area contributed by atoms with Gasteiger partial charge in [0.15, 0.2) is 6.61 Å². The Kier molecular flexibility index (Phi) is 5.62. The number of hydrogen-bond donors (Lipinski definition) is 2. The zero-order valence-electron chi connectivity index (χ0n) is 14.7. The second kappa shape index (κ2) is 8.10. The van der Waals surface area contributed by atoms with Crippen LogP contribution in [0.3, 0.4) is 0 Å². The van der Waals surface area contributed by atoms with Crippen molar-refractivity contribution in [3.8, 4) is 17.6 Å². The first-order valence-corrected chi connectivity index (χ1v) is 9.23. The summed E-state index contributed by atoms with van der Waals surface area (Å²) in [5.41, 5.74) is 1.46. The summed E-state index contributed by atoms with van der Waals surface area (Å²) < 4.78 is 9.91. The number of benzene rings is 1. The predicted molar refractivity (Wildman–Crippen MR) is 99.2 cm³/mol. The molecule has 3 rings (SSSR count). The fourth-order valence-corrected chi connectivity index (χ4v) is 4.21. The Hall–Kier alpha value is -3.05. The SMILES string of the molecule is COc1ccc(C(=O)OCC(=O)Nc2sc3c(c2C#N)CCCC3)c(O)c1. The summed E-state index contributed by atoms with van der Waals surface area (Å²) in [6.07, 6.45) is 3.87. The zero-order valence-corrected chi connectivity index (χ0v) is 15.5. The number of nitrogens with one attached hydrogen (secondary N) is 1. The molecule has 0 spiro atoms. The van der Waals surface area contributed by atoms with E-state index in [9.17, 15) is 20.0 Å². The normalized spacial score (nSPS) is 12.6. The van der Waals surface area contributed by atoms with Crippen LogP contribution in [0.15, 0.2) is 18.2 Å². The number of nitriles is 1. The molecule has 140 valence electrons. The lowest BCUT2D eigenvalue weighted by Crippen LogP contribution is -2.21. The summed E-state index contributed by atoms with van der Waals surface area (Å²) in [5, 5.41) is 22.4. The molecule has 7 nitrogen and oxygen atoms in total. The molecule has 1 aliphatic carbocycles. The van der Waals surface area contributed by atoms with Gasteiger partial charge < -0.3 is 19.9 Å². The van der Waals surface area contributed by atoms with Crippen molar-refractivity contribution in [3.05, 3.63) is 39.8 Å². The van der Waals surface area contributed by atoms with Gasteiger partial charge in [-0.3, -0.25) is 4.79 Å². The third kappa shape index (κ3) is 4.04. The van der Waals surface area contributed by atoms with E-state index in [1.54, 1.807) is 0 Å². The fraction of sp³-hybridized carbons (Fsp3) is 0.316. The van der Waals surface area contributed by atoms with Gasteiger partial charge in [-0.1, -0.05) is 0 Å². The highest BCUT2D eigenvalue weighted by Crippen LogP contribution is 2.37. The second-order valence-electron chi connectivity index (χ2n) is 6.03. The number of carbonyl (C=O) groups is 2. The fourth-order valence-electron chi connectivity index (χ4n) is 2.95. The van der Waals surface area contributed by atoms with E-state index in [-0.39, 0.29) is 11.3 Å². The van der Waals surface area contributed by atoms with E-state index in [0.717, 1.165) is 36.1 Å². The Morgan fingerprint density at radius 1 is 1.33 bits per heavy atom. The monoisotopic (exact) mass is 386 g/mol. The number of hydrogen-bond acceptors (Lipinski definition) is 7. The lowest BCUT2D eigenvalue weighted by molar-refractivity contribution is -0.119. The van der Waals surface area contributed by atoms with Crippen LogP contribution in [-0.2, 0) is 22.4 Å². The van der Waals surface area contributed by atoms with Gasteiger partial charge in [0, 0.05) is 10.9 Å². The van der Waals surface area contributed by atoms with Crippen molar-refractivity contribution in [3.63, 3.8) is 0 Å². The molecular weight excluding hydrogens is 368 g/mol. The van der Waals surface area contributed by atoms with Crippen LogP contribution in [0.2, 0.25) is 0 Å². The van der Waals surface area contributed by atoms with Crippen LogP contribution in [0, 0.1) is 11.3 Å². The van der Waals surface area contributed by atoms with Gasteiger partial charge in [-0.25, -0.2) is 4.79 Å². The number of esters is 1. The molecule has 0 unspecified atom stereocenters. The van der Waals surface area contributed by atoms with E-state index < -0.39 is 18.5 Å². The molecular formula is C19H18N2O5S. The van der Waals surface area contributed by atoms with Crippen LogP contribution in [0.1, 0.15) is 39.2 Å². The minimum Gasteiger partial charge on any atom is -0.507 e. The third-order valence-corrected chi connectivity index (χ3v) is 5.50. The van der Waals surface area contributed by atoms with Gasteiger partial charge in [0.05, 0.1) is 12.7 Å². The summed E-state index contributed by atoms with van der Waals surface area (Å²) in [5.74, 6) is -1.26. The lowest BCUT2D eigenvalue weighted by Gasteiger charge is -2.09. The lowest BCUT2D eigenvalue weighted by atomic mass is 9.96. The molecule has 1 aromatic carbocycles. The van der Waals surface area contributed by atoms with E-state index in [4.69, 9.17) is 9.47 Å². The highest BCUT2D eigenvalue weighted by Gasteiger charge is 2.22. The van der Waals surface area contributed by atoms with Gasteiger partial charge in [-0.2, -0.15) is 5.26 Å². The summed E-state index contributed by atoms with van der Waals surface area (Å²) in [6, 6.07) is 6.31. The Labute approximate surface area is 160 Å². The predicted octanol–water partition coefficient (Wildman–Crippen LogP) is 3.01. The molecule has 8 heteroatoms. The van der Waals surface area contributed by atoms with Gasteiger partial charge in [0.1, 0.15) is 28.1 Å². The Bertz CT molecular complexity index is 929. The van der Waals surface area contributed by atoms with Crippen molar-refractivity contribution in [2.24, 2.45) is 0 Å². The van der Waals surface area contributed by atoms with E-state index >= 15 is 0 Å². The number of amides is 1. The number of nitrogens with zero attached hydrogens (tertiary/aromatic N) is 1. The van der Waals surface area contributed by atoms with Gasteiger partial charge in [0.2, 0.25) is 0 Å². The number of carbonyl (C=O) groups excluding carboxylic acids is 2. The molecule has 0 bridgehead atoms. The van der Waals surface area contributed by atoms with Crippen molar-refractivity contribution >= 4 is 28.2 Å². The molecule has 1 amide bonds. The molecule has 1 aliphatic rings. The first-order valence-electron chi connectivity index (χ1n) is 8.42. The maximum atomic E-state index is 12.1. The Balaban J connectivity index is 1.63. The summed E-state index contributed by atoms with van der Waals surface area (Å²) >= 11 is 1.40. The minimum atomic E-state index is -0.823. The standard InChI is InChI=1S/C19H18N2O5S/c1-25-11-6-7-13(15(22)8-11)19(24)26-10-17(23)21-18-14(9-20)12-4-2-3-5-16(12)27-18/h6-8,22H,2-5,10H2,1H3,(H,21,23). The maximum Gasteiger partial charge on any atom is 0.342 e. The van der Waals surface area contributed by atoms with Crippen LogP contribution in [0.4, 0.5) is 5.00 Å². The Morgan fingerprint density at radius 3 is 2.81 bits per heavy atom. The van der Waals surface area contributed by atoms with Gasteiger partial charge in [-0.15, -0.1) is 11.3 Å². The van der Waals surface area contributed by atoms with E-state index in [1.165, 1.54) is 36.6 Å². The average Bonchev–Trinajstić information content (AvgIpc) is 3.02. The highest BCUT2D eigenvalue weighted by atomic mass is 32.1. The number of rotatable bonds is 5. The molecule has 0 radical (unpaired) electrons. The number of aromatic hydroxyl groups is 1. The number of ether oxygens (including phenoxy) is 2. The van der Waals surface area contributed by atoms with Crippen molar-refractivity contribution in [2.75, 3.05) is 19.0 Å². The number of methoxy groups -OCH3 is 1. The molecule has 1 heterocycles. The van der Waals surface area contributed by atoms with E-state index in [0.29, 0.717) is 16.3 Å². The largest absolute Gasteiger partial charge is 0.507 e. The number of fused-ring (bicyclic) bond motifs is 1. The number of phenols is 1. The van der Waals surface area contributed by atoms with Gasteiger partial charge in [0.25, 0.3) is 5.91 Å². The third-order valence-electron chi connectivity index (χ3n) is 4.30. The first kappa shape index (κ1) is 18.7. The summed E-state index contributed by atoms with van der Waals surface area (Å²) in [4.78, 5) is 25.3. The molecule has 0 saturated heterocycles. The number of thiophene rings is 1. The van der Waals surface area contributed by atoms with Crippen LogP contribution >= 0.6 is 11.3 Å². The van der Waals surface area contributed by atoms with Gasteiger partial charge >= 0.3 is 5.97 Å². The molecule has 1 aromatic heterocycles. The average molecular weight is 386 g/mol. The van der Waals surface area contributed by atoms with E-state index in [1.807, 2.05) is 0 Å². The molecule has 0 aliphatic heterocycles. The molecule has 2 aromatic rings. The summed E-state index contributed by atoms with van der Waals surface area (Å²) in [7, 11) is 1.44. The number of phenolic OH excluding ortho intramolecular Hbond substituents is 1. The van der Waals surface area contributed by atoms with Crippen LogP contribution in [-0.4, -0.2) is 30.7 Å². The van der Waals surface area contributed by atoms with Crippen molar-refractivity contribution < 1.29 is 24.2 Å². The molecule has 2 N–H and O–H groups in total. The van der Waals surface area contributed by atoms with Crippen LogP contribution in [0.5, 0.6) is 11.5 Å². The second-order valence-corrected chi connectivity index (χ2v) is 7.14. The van der Waals surface area contributed by atoms with Crippen molar-refractivity contribution in [1.82, 2.24) is 0 Å². The minimum absolute atomic E-state index is 0.0621. The maximum absolute atomic E-state index is 12.1. The number of anilines is 1.